The number of fused-ring (bicyclic) bond motifs is 2. The van der Waals surface area contributed by atoms with Crippen LogP contribution in [0.15, 0.2) is 36.4 Å². The fourth-order valence-corrected chi connectivity index (χ4v) is 3.47. The molecule has 1 N–H and O–H groups in total. The molecule has 0 aliphatic heterocycles. The van der Waals surface area contributed by atoms with Gasteiger partial charge in [0, 0.05) is 6.54 Å². The van der Waals surface area contributed by atoms with Crippen molar-refractivity contribution in [2.24, 2.45) is 17.8 Å². The van der Waals surface area contributed by atoms with Crippen LogP contribution in [0.25, 0.3) is 0 Å². The van der Waals surface area contributed by atoms with Crippen LogP contribution in [0.4, 0.5) is 13.2 Å². The molecule has 2 aliphatic carbocycles. The Morgan fingerprint density at radius 1 is 1.10 bits per heavy atom. The lowest BCUT2D eigenvalue weighted by Gasteiger charge is -2.19. The highest BCUT2D eigenvalue weighted by Gasteiger charge is 2.35. The molecule has 2 aliphatic rings. The Kier molecular flexibility index (Phi) is 3.59. The second kappa shape index (κ2) is 5.24. The molecule has 1 nitrogen and oxygen atoms in total. The van der Waals surface area contributed by atoms with Gasteiger partial charge in [0.05, 0.1) is 5.56 Å². The molecule has 0 amide bonds. The number of benzene rings is 1. The zero-order valence-corrected chi connectivity index (χ0v) is 11.2. The van der Waals surface area contributed by atoms with Gasteiger partial charge in [0.1, 0.15) is 0 Å². The quantitative estimate of drug-likeness (QED) is 0.822. The summed E-state index contributed by atoms with van der Waals surface area (Å²) in [6.07, 6.45) is 2.68. The molecule has 108 valence electrons. The molecule has 3 unspecified atom stereocenters. The van der Waals surface area contributed by atoms with E-state index in [1.54, 1.807) is 12.1 Å². The first-order valence-electron chi connectivity index (χ1n) is 7.08. The third-order valence-electron chi connectivity index (χ3n) is 4.46. The minimum Gasteiger partial charge on any atom is -0.312 e. The Bertz CT molecular complexity index is 507. The molecule has 2 bridgehead atoms. The molecule has 0 radical (unpaired) electrons. The van der Waals surface area contributed by atoms with Crippen molar-refractivity contribution >= 4 is 0 Å². The smallest absolute Gasteiger partial charge is 0.312 e. The molecule has 1 aromatic carbocycles. The van der Waals surface area contributed by atoms with E-state index in [9.17, 15) is 13.2 Å². The van der Waals surface area contributed by atoms with E-state index in [-0.39, 0.29) is 6.54 Å². The summed E-state index contributed by atoms with van der Waals surface area (Å²) in [5.74, 6) is 1.92. The van der Waals surface area contributed by atoms with E-state index in [4.69, 9.17) is 0 Å². The van der Waals surface area contributed by atoms with E-state index in [0.29, 0.717) is 23.3 Å². The van der Waals surface area contributed by atoms with Crippen molar-refractivity contribution in [3.05, 3.63) is 47.5 Å². The summed E-state index contributed by atoms with van der Waals surface area (Å²) in [5, 5.41) is 3.21. The van der Waals surface area contributed by atoms with E-state index in [1.165, 1.54) is 18.9 Å². The van der Waals surface area contributed by atoms with E-state index in [2.05, 4.69) is 17.5 Å². The highest BCUT2D eigenvalue weighted by molar-refractivity contribution is 5.29. The second-order valence-corrected chi connectivity index (χ2v) is 5.83. The molecule has 1 saturated carbocycles. The summed E-state index contributed by atoms with van der Waals surface area (Å²) >= 11 is 0. The number of nitrogens with one attached hydrogen (secondary N) is 1. The molecule has 0 aromatic heterocycles. The van der Waals surface area contributed by atoms with Crippen LogP contribution >= 0.6 is 0 Å². The van der Waals surface area contributed by atoms with Crippen molar-refractivity contribution in [1.82, 2.24) is 5.32 Å². The Balaban J connectivity index is 1.58. The third kappa shape index (κ3) is 2.75. The molecular weight excluding hydrogens is 263 g/mol. The number of halogens is 3. The Labute approximate surface area is 116 Å². The minimum atomic E-state index is -4.27. The predicted molar refractivity (Wildman–Crippen MR) is 72.0 cm³/mol. The second-order valence-electron chi connectivity index (χ2n) is 5.83. The van der Waals surface area contributed by atoms with Gasteiger partial charge in [0.25, 0.3) is 0 Å². The zero-order valence-electron chi connectivity index (χ0n) is 11.2. The van der Waals surface area contributed by atoms with Crippen LogP contribution in [-0.4, -0.2) is 6.54 Å². The topological polar surface area (TPSA) is 12.0 Å². The van der Waals surface area contributed by atoms with Gasteiger partial charge in [-0.3, -0.25) is 0 Å². The average Bonchev–Trinajstić information content (AvgIpc) is 3.00. The van der Waals surface area contributed by atoms with Gasteiger partial charge in [-0.25, -0.2) is 0 Å². The van der Waals surface area contributed by atoms with Crippen molar-refractivity contribution in [3.63, 3.8) is 0 Å². The monoisotopic (exact) mass is 281 g/mol. The summed E-state index contributed by atoms with van der Waals surface area (Å²) in [6.45, 7) is 1.09. The van der Waals surface area contributed by atoms with Crippen LogP contribution in [0.3, 0.4) is 0 Å². The number of allylic oxidation sites excluding steroid dienone is 2. The molecule has 0 saturated heterocycles. The summed E-state index contributed by atoms with van der Waals surface area (Å²) in [6, 6.07) is 5.80. The molecule has 3 rings (SSSR count). The van der Waals surface area contributed by atoms with Crippen LogP contribution in [0, 0.1) is 17.8 Å². The fourth-order valence-electron chi connectivity index (χ4n) is 3.47. The highest BCUT2D eigenvalue weighted by Crippen LogP contribution is 2.43. The lowest BCUT2D eigenvalue weighted by molar-refractivity contribution is -0.138. The third-order valence-corrected chi connectivity index (χ3v) is 4.46. The molecule has 0 heterocycles. The lowest BCUT2D eigenvalue weighted by Crippen LogP contribution is -2.26. The zero-order chi connectivity index (χ0) is 14.2. The Morgan fingerprint density at radius 3 is 2.55 bits per heavy atom. The van der Waals surface area contributed by atoms with Crippen LogP contribution in [-0.2, 0) is 12.7 Å². The Morgan fingerprint density at radius 2 is 1.90 bits per heavy atom. The van der Waals surface area contributed by atoms with Gasteiger partial charge in [-0.2, -0.15) is 13.2 Å². The normalized spacial score (nSPS) is 28.2. The van der Waals surface area contributed by atoms with Crippen LogP contribution in [0.2, 0.25) is 0 Å². The van der Waals surface area contributed by atoms with Gasteiger partial charge in [0.15, 0.2) is 0 Å². The van der Waals surface area contributed by atoms with Gasteiger partial charge >= 0.3 is 6.18 Å². The van der Waals surface area contributed by atoms with Crippen molar-refractivity contribution in [1.29, 1.82) is 0 Å². The largest absolute Gasteiger partial charge is 0.416 e. The number of rotatable bonds is 4. The van der Waals surface area contributed by atoms with Crippen molar-refractivity contribution in [2.45, 2.75) is 25.6 Å². The van der Waals surface area contributed by atoms with Gasteiger partial charge in [0.2, 0.25) is 0 Å². The van der Waals surface area contributed by atoms with Crippen molar-refractivity contribution < 1.29 is 13.2 Å². The van der Waals surface area contributed by atoms with Crippen LogP contribution < -0.4 is 5.32 Å². The SMILES string of the molecule is FC(F)(F)c1ccccc1CNCC1CC2C=CC1C2. The predicted octanol–water partition coefficient (Wildman–Crippen LogP) is 4.01. The maximum absolute atomic E-state index is 12.9. The summed E-state index contributed by atoms with van der Waals surface area (Å²) in [4.78, 5) is 0. The lowest BCUT2D eigenvalue weighted by atomic mass is 9.93. The molecule has 20 heavy (non-hydrogen) atoms. The maximum Gasteiger partial charge on any atom is 0.416 e. The minimum absolute atomic E-state index is 0.285. The molecule has 1 aromatic rings. The number of hydrogen-bond donors (Lipinski definition) is 1. The van der Waals surface area contributed by atoms with E-state index in [1.807, 2.05) is 0 Å². The highest BCUT2D eigenvalue weighted by atomic mass is 19.4. The fraction of sp³-hybridized carbons (Fsp3) is 0.500. The van der Waals surface area contributed by atoms with Crippen LogP contribution in [0.5, 0.6) is 0 Å². The summed E-state index contributed by atoms with van der Waals surface area (Å²) < 4.78 is 38.6. The summed E-state index contributed by atoms with van der Waals surface area (Å²) in [7, 11) is 0. The van der Waals surface area contributed by atoms with Crippen molar-refractivity contribution in [3.8, 4) is 0 Å². The molecule has 0 spiro atoms. The number of alkyl halides is 3. The molecule has 4 heteroatoms. The summed E-state index contributed by atoms with van der Waals surface area (Å²) in [5.41, 5.74) is -0.195. The molecule has 1 fully saturated rings. The first-order valence-corrected chi connectivity index (χ1v) is 7.08. The van der Waals surface area contributed by atoms with E-state index >= 15 is 0 Å². The Hall–Kier alpha value is -1.29. The van der Waals surface area contributed by atoms with Gasteiger partial charge in [-0.05, 0) is 48.8 Å². The van der Waals surface area contributed by atoms with Gasteiger partial charge in [-0.15, -0.1) is 0 Å². The molecular formula is C16H18F3N. The van der Waals surface area contributed by atoms with Gasteiger partial charge < -0.3 is 5.32 Å². The maximum atomic E-state index is 12.9. The first kappa shape index (κ1) is 13.7. The number of hydrogen-bond acceptors (Lipinski definition) is 1. The molecule has 3 atom stereocenters. The van der Waals surface area contributed by atoms with E-state index in [0.717, 1.165) is 12.6 Å². The van der Waals surface area contributed by atoms with Gasteiger partial charge in [-0.1, -0.05) is 30.4 Å². The average molecular weight is 281 g/mol. The van der Waals surface area contributed by atoms with Crippen LogP contribution in [0.1, 0.15) is 24.0 Å². The van der Waals surface area contributed by atoms with Crippen molar-refractivity contribution in [2.75, 3.05) is 6.54 Å². The standard InChI is InChI=1S/C16H18F3N/c17-16(18,19)15-4-2-1-3-13(15)9-20-10-14-8-11-5-6-12(14)7-11/h1-6,11-12,14,20H,7-10H2. The first-order chi connectivity index (χ1) is 9.54. The van der Waals surface area contributed by atoms with E-state index < -0.39 is 11.7 Å².